The first kappa shape index (κ1) is 7.80. The van der Waals surface area contributed by atoms with Crippen molar-refractivity contribution in [3.05, 3.63) is 12.2 Å². The standard InChI is InChI=1S/C9H12O3/c1-12-9(11)7-4-5-2-3-6(7)8(5)10/h2-3,5-8,10H,4H2,1H3/t5-,6-,7-,8-/m0/s1. The first-order chi connectivity index (χ1) is 5.74. The molecule has 0 radical (unpaired) electrons. The van der Waals surface area contributed by atoms with Gasteiger partial charge in [0.1, 0.15) is 0 Å². The summed E-state index contributed by atoms with van der Waals surface area (Å²) < 4.78 is 4.65. The number of aliphatic hydroxyl groups is 1. The van der Waals surface area contributed by atoms with E-state index < -0.39 is 0 Å². The molecule has 0 aromatic heterocycles. The topological polar surface area (TPSA) is 46.5 Å². The van der Waals surface area contributed by atoms with Gasteiger partial charge in [0.25, 0.3) is 0 Å². The lowest BCUT2D eigenvalue weighted by Crippen LogP contribution is -2.23. The van der Waals surface area contributed by atoms with Gasteiger partial charge in [-0.1, -0.05) is 12.2 Å². The van der Waals surface area contributed by atoms with Gasteiger partial charge < -0.3 is 9.84 Å². The van der Waals surface area contributed by atoms with Gasteiger partial charge in [0.15, 0.2) is 0 Å². The Morgan fingerprint density at radius 1 is 1.58 bits per heavy atom. The zero-order valence-corrected chi connectivity index (χ0v) is 6.93. The minimum absolute atomic E-state index is 0.00227. The molecular weight excluding hydrogens is 156 g/mol. The fourth-order valence-electron chi connectivity index (χ4n) is 2.23. The molecule has 1 N–H and O–H groups in total. The number of methoxy groups -OCH3 is 1. The fourth-order valence-corrected chi connectivity index (χ4v) is 2.23. The molecule has 0 spiro atoms. The molecule has 1 fully saturated rings. The van der Waals surface area contributed by atoms with Crippen LogP contribution in [0.3, 0.4) is 0 Å². The molecule has 0 saturated heterocycles. The molecule has 0 heterocycles. The maximum atomic E-state index is 11.2. The molecule has 4 atom stereocenters. The van der Waals surface area contributed by atoms with Gasteiger partial charge in [-0.25, -0.2) is 0 Å². The number of rotatable bonds is 1. The van der Waals surface area contributed by atoms with E-state index in [0.29, 0.717) is 0 Å². The Kier molecular flexibility index (Phi) is 1.68. The maximum absolute atomic E-state index is 11.2. The van der Waals surface area contributed by atoms with Crippen molar-refractivity contribution < 1.29 is 14.6 Å². The van der Waals surface area contributed by atoms with Crippen LogP contribution in [0.1, 0.15) is 6.42 Å². The number of hydrogen-bond donors (Lipinski definition) is 1. The number of hydrogen-bond acceptors (Lipinski definition) is 3. The smallest absolute Gasteiger partial charge is 0.309 e. The van der Waals surface area contributed by atoms with Gasteiger partial charge in [-0.2, -0.15) is 0 Å². The van der Waals surface area contributed by atoms with Crippen LogP contribution < -0.4 is 0 Å². The number of aliphatic hydroxyl groups excluding tert-OH is 1. The van der Waals surface area contributed by atoms with Crippen LogP contribution in [-0.4, -0.2) is 24.3 Å². The van der Waals surface area contributed by atoms with Gasteiger partial charge in [0, 0.05) is 11.8 Å². The molecule has 2 aliphatic carbocycles. The van der Waals surface area contributed by atoms with Gasteiger partial charge in [-0.15, -0.1) is 0 Å². The van der Waals surface area contributed by atoms with Crippen LogP contribution in [0.5, 0.6) is 0 Å². The summed E-state index contributed by atoms with van der Waals surface area (Å²) in [6.07, 6.45) is 4.32. The molecule has 0 unspecified atom stereocenters. The molecule has 0 aromatic carbocycles. The van der Waals surface area contributed by atoms with E-state index in [0.717, 1.165) is 6.42 Å². The largest absolute Gasteiger partial charge is 0.469 e. The number of carbonyl (C=O) groups excluding carboxylic acids is 1. The number of fused-ring (bicyclic) bond motifs is 2. The maximum Gasteiger partial charge on any atom is 0.309 e. The van der Waals surface area contributed by atoms with Gasteiger partial charge in [-0.3, -0.25) is 4.79 Å². The van der Waals surface area contributed by atoms with E-state index in [1.54, 1.807) is 0 Å². The molecule has 2 bridgehead atoms. The van der Waals surface area contributed by atoms with E-state index >= 15 is 0 Å². The monoisotopic (exact) mass is 168 g/mol. The van der Waals surface area contributed by atoms with Crippen molar-refractivity contribution in [1.29, 1.82) is 0 Å². The number of ether oxygens (including phenoxy) is 1. The summed E-state index contributed by atoms with van der Waals surface area (Å²) in [7, 11) is 1.39. The van der Waals surface area contributed by atoms with Crippen LogP contribution in [0.4, 0.5) is 0 Å². The molecule has 2 rings (SSSR count). The Hall–Kier alpha value is -0.830. The Morgan fingerprint density at radius 2 is 2.33 bits per heavy atom. The molecule has 0 aliphatic heterocycles. The Morgan fingerprint density at radius 3 is 2.75 bits per heavy atom. The third kappa shape index (κ3) is 0.894. The third-order valence-electron chi connectivity index (χ3n) is 2.91. The van der Waals surface area contributed by atoms with Crippen molar-refractivity contribution in [2.45, 2.75) is 12.5 Å². The van der Waals surface area contributed by atoms with Gasteiger partial charge in [-0.05, 0) is 6.42 Å². The third-order valence-corrected chi connectivity index (χ3v) is 2.91. The summed E-state index contributed by atoms with van der Waals surface area (Å²) in [6.45, 7) is 0. The van der Waals surface area contributed by atoms with Crippen LogP contribution in [0.15, 0.2) is 12.2 Å². The molecule has 66 valence electrons. The molecule has 0 amide bonds. The summed E-state index contributed by atoms with van der Waals surface area (Å²) >= 11 is 0. The number of esters is 1. The number of carbonyl (C=O) groups is 1. The lowest BCUT2D eigenvalue weighted by Gasteiger charge is -2.14. The van der Waals surface area contributed by atoms with Crippen LogP contribution in [-0.2, 0) is 9.53 Å². The van der Waals surface area contributed by atoms with Crippen molar-refractivity contribution in [3.8, 4) is 0 Å². The molecule has 3 heteroatoms. The van der Waals surface area contributed by atoms with E-state index in [9.17, 15) is 9.90 Å². The minimum atomic E-state index is -0.353. The average Bonchev–Trinajstić information content (AvgIpc) is 2.60. The highest BCUT2D eigenvalue weighted by Gasteiger charge is 2.47. The predicted octanol–water partition coefficient (Wildman–Crippen LogP) is 0.342. The Balaban J connectivity index is 2.14. The van der Waals surface area contributed by atoms with Gasteiger partial charge in [0.05, 0.1) is 19.1 Å². The normalized spacial score (nSPS) is 43.5. The predicted molar refractivity (Wildman–Crippen MR) is 42.2 cm³/mol. The first-order valence-electron chi connectivity index (χ1n) is 4.18. The second kappa shape index (κ2) is 2.59. The first-order valence-corrected chi connectivity index (χ1v) is 4.18. The van der Waals surface area contributed by atoms with Crippen molar-refractivity contribution in [1.82, 2.24) is 0 Å². The van der Waals surface area contributed by atoms with Crippen LogP contribution in [0, 0.1) is 17.8 Å². The summed E-state index contributed by atoms with van der Waals surface area (Å²) in [5.74, 6) is -0.118. The van der Waals surface area contributed by atoms with E-state index in [-0.39, 0.29) is 29.8 Å². The summed E-state index contributed by atoms with van der Waals surface area (Å²) in [5.41, 5.74) is 0. The molecule has 3 nitrogen and oxygen atoms in total. The molecule has 1 saturated carbocycles. The molecule has 12 heavy (non-hydrogen) atoms. The zero-order chi connectivity index (χ0) is 8.72. The highest BCUT2D eigenvalue weighted by molar-refractivity contribution is 5.74. The van der Waals surface area contributed by atoms with Crippen molar-refractivity contribution in [3.63, 3.8) is 0 Å². The summed E-state index contributed by atoms with van der Waals surface area (Å²) in [6, 6.07) is 0. The van der Waals surface area contributed by atoms with E-state index in [1.165, 1.54) is 7.11 Å². The lowest BCUT2D eigenvalue weighted by atomic mass is 9.94. The molecule has 0 aromatic rings. The van der Waals surface area contributed by atoms with Gasteiger partial charge in [0.2, 0.25) is 0 Å². The Bertz CT molecular complexity index is 234. The van der Waals surface area contributed by atoms with Crippen molar-refractivity contribution in [2.75, 3.05) is 7.11 Å². The lowest BCUT2D eigenvalue weighted by molar-refractivity contribution is -0.146. The van der Waals surface area contributed by atoms with Crippen molar-refractivity contribution in [2.24, 2.45) is 17.8 Å². The minimum Gasteiger partial charge on any atom is -0.469 e. The van der Waals surface area contributed by atoms with Crippen LogP contribution >= 0.6 is 0 Å². The second-order valence-corrected chi connectivity index (χ2v) is 3.48. The highest BCUT2D eigenvalue weighted by atomic mass is 16.5. The second-order valence-electron chi connectivity index (χ2n) is 3.48. The zero-order valence-electron chi connectivity index (χ0n) is 6.93. The quantitative estimate of drug-likeness (QED) is 0.453. The summed E-state index contributed by atoms with van der Waals surface area (Å²) in [5, 5.41) is 9.57. The van der Waals surface area contributed by atoms with Crippen molar-refractivity contribution >= 4 is 5.97 Å². The molecular formula is C9H12O3. The molecule has 2 aliphatic rings. The SMILES string of the molecule is COC(=O)[C@H]1C[C@@H]2C=C[C@@H]1[C@H]2O. The fraction of sp³-hybridized carbons (Fsp3) is 0.667. The van der Waals surface area contributed by atoms with E-state index in [2.05, 4.69) is 4.74 Å². The van der Waals surface area contributed by atoms with Crippen LogP contribution in [0.2, 0.25) is 0 Å². The van der Waals surface area contributed by atoms with Gasteiger partial charge >= 0.3 is 5.97 Å². The average molecular weight is 168 g/mol. The Labute approximate surface area is 71.0 Å². The van der Waals surface area contributed by atoms with E-state index in [4.69, 9.17) is 0 Å². The highest BCUT2D eigenvalue weighted by Crippen LogP contribution is 2.43. The van der Waals surface area contributed by atoms with Crippen LogP contribution in [0.25, 0.3) is 0 Å². The van der Waals surface area contributed by atoms with E-state index in [1.807, 2.05) is 12.2 Å². The summed E-state index contributed by atoms with van der Waals surface area (Å²) in [4.78, 5) is 11.2.